The summed E-state index contributed by atoms with van der Waals surface area (Å²) in [5.41, 5.74) is 5.57. The van der Waals surface area contributed by atoms with E-state index in [1.54, 1.807) is 0 Å². The number of amides is 1. The van der Waals surface area contributed by atoms with E-state index in [9.17, 15) is 9.59 Å². The molecule has 0 aliphatic rings. The van der Waals surface area contributed by atoms with Gasteiger partial charge in [-0.1, -0.05) is 26.7 Å². The molecule has 0 radical (unpaired) electrons. The van der Waals surface area contributed by atoms with Gasteiger partial charge in [-0.3, -0.25) is 4.79 Å². The molecule has 2 atom stereocenters. The van der Waals surface area contributed by atoms with E-state index in [1.165, 1.54) is 0 Å². The third-order valence-corrected chi connectivity index (χ3v) is 2.13. The molecule has 0 rings (SSSR count). The summed E-state index contributed by atoms with van der Waals surface area (Å²) in [4.78, 5) is 22.2. The van der Waals surface area contributed by atoms with Crippen molar-refractivity contribution >= 4 is 11.9 Å². The molecule has 0 aliphatic carbocycles. The van der Waals surface area contributed by atoms with E-state index in [2.05, 4.69) is 5.32 Å². The predicted octanol–water partition coefficient (Wildman–Crippen LogP) is 0.483. The number of nitrogens with two attached hydrogens (primary N) is 1. The summed E-state index contributed by atoms with van der Waals surface area (Å²) in [6, 6.07) is -1.42. The van der Waals surface area contributed by atoms with E-state index in [0.717, 1.165) is 6.42 Å². The summed E-state index contributed by atoms with van der Waals surface area (Å²) in [7, 11) is 0. The van der Waals surface area contributed by atoms with Crippen molar-refractivity contribution in [1.82, 2.24) is 5.32 Å². The molecule has 0 saturated carbocycles. The number of carboxylic acids is 1. The Hall–Kier alpha value is -1.10. The number of carbonyl (C=O) groups is 2. The highest BCUT2D eigenvalue weighted by Gasteiger charge is 2.21. The number of nitrogens with one attached hydrogen (secondary N) is 1. The summed E-state index contributed by atoms with van der Waals surface area (Å²) < 4.78 is 0. The van der Waals surface area contributed by atoms with Crippen molar-refractivity contribution in [2.24, 2.45) is 5.73 Å². The van der Waals surface area contributed by atoms with Gasteiger partial charge in [0.25, 0.3) is 0 Å². The number of rotatable bonds is 7. The fourth-order valence-electron chi connectivity index (χ4n) is 1.27. The van der Waals surface area contributed by atoms with Gasteiger partial charge in [0, 0.05) is 0 Å². The molecule has 88 valence electrons. The van der Waals surface area contributed by atoms with Crippen LogP contribution in [0.3, 0.4) is 0 Å². The molecule has 0 spiro atoms. The van der Waals surface area contributed by atoms with Crippen molar-refractivity contribution in [2.75, 3.05) is 0 Å². The smallest absolute Gasteiger partial charge is 0.326 e. The lowest BCUT2D eigenvalue weighted by molar-refractivity contribution is -0.142. The first-order valence-corrected chi connectivity index (χ1v) is 5.31. The summed E-state index contributed by atoms with van der Waals surface area (Å²) in [5, 5.41) is 11.2. The number of carbonyl (C=O) groups excluding carboxylic acids is 1. The van der Waals surface area contributed by atoms with Gasteiger partial charge in [-0.25, -0.2) is 4.79 Å². The molecule has 1 amide bonds. The van der Waals surface area contributed by atoms with Crippen LogP contribution in [0.5, 0.6) is 0 Å². The van der Waals surface area contributed by atoms with Crippen molar-refractivity contribution < 1.29 is 14.7 Å². The highest BCUT2D eigenvalue weighted by molar-refractivity contribution is 5.86. The van der Waals surface area contributed by atoms with Crippen molar-refractivity contribution in [3.05, 3.63) is 0 Å². The molecule has 0 aromatic rings. The lowest BCUT2D eigenvalue weighted by Gasteiger charge is -2.16. The highest BCUT2D eigenvalue weighted by atomic mass is 16.4. The van der Waals surface area contributed by atoms with Crippen LogP contribution < -0.4 is 11.1 Å². The average molecular weight is 216 g/mol. The Kier molecular flexibility index (Phi) is 6.70. The molecule has 5 heteroatoms. The van der Waals surface area contributed by atoms with E-state index in [1.807, 2.05) is 13.8 Å². The number of aliphatic carboxylic acids is 1. The second-order valence-electron chi connectivity index (χ2n) is 3.58. The van der Waals surface area contributed by atoms with Crippen LogP contribution in [-0.4, -0.2) is 29.1 Å². The number of carboxylic acid groups (broad SMARTS) is 1. The van der Waals surface area contributed by atoms with E-state index < -0.39 is 18.1 Å². The maximum Gasteiger partial charge on any atom is 0.326 e. The molecule has 0 bridgehead atoms. The minimum absolute atomic E-state index is 0.377. The van der Waals surface area contributed by atoms with Crippen molar-refractivity contribution in [2.45, 2.75) is 51.6 Å². The highest BCUT2D eigenvalue weighted by Crippen LogP contribution is 1.99. The Balaban J connectivity index is 4.15. The summed E-state index contributed by atoms with van der Waals surface area (Å²) >= 11 is 0. The van der Waals surface area contributed by atoms with Crippen LogP contribution in [0.15, 0.2) is 0 Å². The fraction of sp³-hybridized carbons (Fsp3) is 0.800. The molecule has 0 saturated heterocycles. The van der Waals surface area contributed by atoms with Crippen molar-refractivity contribution in [1.29, 1.82) is 0 Å². The Morgan fingerprint density at radius 2 is 1.80 bits per heavy atom. The van der Waals surface area contributed by atoms with Crippen LogP contribution in [0.25, 0.3) is 0 Å². The molecule has 4 N–H and O–H groups in total. The molecule has 1 unspecified atom stereocenters. The maximum atomic E-state index is 11.4. The van der Waals surface area contributed by atoms with Gasteiger partial charge in [-0.2, -0.15) is 0 Å². The summed E-state index contributed by atoms with van der Waals surface area (Å²) in [5.74, 6) is -1.38. The van der Waals surface area contributed by atoms with E-state index in [0.29, 0.717) is 19.3 Å². The van der Waals surface area contributed by atoms with Crippen molar-refractivity contribution in [3.63, 3.8) is 0 Å². The van der Waals surface area contributed by atoms with Crippen molar-refractivity contribution in [3.8, 4) is 0 Å². The molecular weight excluding hydrogens is 196 g/mol. The molecule has 0 heterocycles. The Bertz CT molecular complexity index is 219. The molecular formula is C10H20N2O3. The second-order valence-corrected chi connectivity index (χ2v) is 3.58. The second kappa shape index (κ2) is 7.23. The third kappa shape index (κ3) is 5.37. The van der Waals surface area contributed by atoms with Crippen LogP contribution in [-0.2, 0) is 9.59 Å². The Morgan fingerprint density at radius 3 is 2.20 bits per heavy atom. The first kappa shape index (κ1) is 13.9. The van der Waals surface area contributed by atoms with Gasteiger partial charge < -0.3 is 16.2 Å². The normalized spacial score (nSPS) is 14.3. The quantitative estimate of drug-likeness (QED) is 0.577. The lowest BCUT2D eigenvalue weighted by Crippen LogP contribution is -2.48. The first-order chi connectivity index (χ1) is 7.02. The zero-order valence-corrected chi connectivity index (χ0v) is 9.32. The predicted molar refractivity (Wildman–Crippen MR) is 57.4 cm³/mol. The lowest BCUT2D eigenvalue weighted by atomic mass is 10.1. The molecule has 0 fully saturated rings. The summed E-state index contributed by atoms with van der Waals surface area (Å²) in [6.07, 6.45) is 2.52. The molecule has 0 aromatic heterocycles. The fourth-order valence-corrected chi connectivity index (χ4v) is 1.27. The van der Waals surface area contributed by atoms with Gasteiger partial charge >= 0.3 is 5.97 Å². The first-order valence-electron chi connectivity index (χ1n) is 5.31. The number of hydrogen-bond acceptors (Lipinski definition) is 3. The Labute approximate surface area is 90.0 Å². The molecule has 5 nitrogen and oxygen atoms in total. The molecule has 0 aliphatic heterocycles. The van der Waals surface area contributed by atoms with E-state index in [4.69, 9.17) is 10.8 Å². The zero-order valence-electron chi connectivity index (χ0n) is 9.32. The minimum atomic E-state index is -1.01. The summed E-state index contributed by atoms with van der Waals surface area (Å²) in [6.45, 7) is 3.79. The minimum Gasteiger partial charge on any atom is -0.480 e. The number of hydrogen-bond donors (Lipinski definition) is 3. The van der Waals surface area contributed by atoms with Gasteiger partial charge in [0.2, 0.25) is 5.91 Å². The van der Waals surface area contributed by atoms with Crippen LogP contribution in [0.1, 0.15) is 39.5 Å². The van der Waals surface area contributed by atoms with Crippen LogP contribution in [0, 0.1) is 0 Å². The van der Waals surface area contributed by atoms with Gasteiger partial charge in [-0.15, -0.1) is 0 Å². The van der Waals surface area contributed by atoms with Gasteiger partial charge in [-0.05, 0) is 12.8 Å². The average Bonchev–Trinajstić information content (AvgIpc) is 2.17. The van der Waals surface area contributed by atoms with Crippen LogP contribution >= 0.6 is 0 Å². The molecule has 0 aromatic carbocycles. The maximum absolute atomic E-state index is 11.4. The SMILES string of the molecule is CCCC(N)C(=O)N[C@H](CCC)C(=O)O. The zero-order chi connectivity index (χ0) is 11.8. The van der Waals surface area contributed by atoms with Gasteiger partial charge in [0.15, 0.2) is 0 Å². The standard InChI is InChI=1S/C10H20N2O3/c1-3-5-7(11)9(13)12-8(6-4-2)10(14)15/h7-8H,3-6,11H2,1-2H3,(H,12,13)(H,14,15)/t7?,8-/m1/s1. The van der Waals surface area contributed by atoms with Crippen LogP contribution in [0.4, 0.5) is 0 Å². The molecule has 15 heavy (non-hydrogen) atoms. The van der Waals surface area contributed by atoms with Gasteiger partial charge in [0.05, 0.1) is 6.04 Å². The largest absolute Gasteiger partial charge is 0.480 e. The topological polar surface area (TPSA) is 92.4 Å². The monoisotopic (exact) mass is 216 g/mol. The van der Waals surface area contributed by atoms with Gasteiger partial charge in [0.1, 0.15) is 6.04 Å². The Morgan fingerprint density at radius 1 is 1.27 bits per heavy atom. The van der Waals surface area contributed by atoms with E-state index in [-0.39, 0.29) is 5.91 Å². The van der Waals surface area contributed by atoms with Crippen LogP contribution in [0.2, 0.25) is 0 Å². The third-order valence-electron chi connectivity index (χ3n) is 2.13. The van der Waals surface area contributed by atoms with E-state index >= 15 is 0 Å².